The van der Waals surface area contributed by atoms with E-state index < -0.39 is 6.10 Å². The molecule has 0 amide bonds. The summed E-state index contributed by atoms with van der Waals surface area (Å²) in [6.07, 6.45) is 59.2. The standard InChI is InChI=1S/C46H78O4/c1-3-5-7-9-11-13-15-17-18-19-20-21-22-23-24-25-26-27-28-29-31-33-35-37-39-41-46(48)50-45(43-47)44-49-42-40-38-36-34-32-30-16-14-12-10-8-6-4-2/h5,7,11,13,17-18,20-21,23-24,26-27,29,31,45,47H,3-4,6,8-10,12,14-16,19,22,25,28,30,32-44H2,1-2H3/b7-5-,13-11-,18-17-,21-20-,24-23-,27-26-,31-29-. The summed E-state index contributed by atoms with van der Waals surface area (Å²) in [4.78, 5) is 12.2. The lowest BCUT2D eigenvalue weighted by atomic mass is 10.0. The second-order valence-corrected chi connectivity index (χ2v) is 13.3. The third-order valence-electron chi connectivity index (χ3n) is 8.48. The monoisotopic (exact) mass is 695 g/mol. The molecule has 4 nitrogen and oxygen atoms in total. The van der Waals surface area contributed by atoms with E-state index >= 15 is 0 Å². The van der Waals surface area contributed by atoms with Crippen LogP contribution in [0.5, 0.6) is 0 Å². The third kappa shape index (κ3) is 40.0. The van der Waals surface area contributed by atoms with Gasteiger partial charge in [-0.3, -0.25) is 4.79 Å². The molecular formula is C46H78O4. The maximum atomic E-state index is 12.2. The Labute approximate surface area is 310 Å². The first-order chi connectivity index (χ1) is 24.7. The number of aliphatic hydroxyl groups is 1. The van der Waals surface area contributed by atoms with Gasteiger partial charge in [0, 0.05) is 13.0 Å². The van der Waals surface area contributed by atoms with E-state index in [2.05, 4.69) is 98.9 Å². The first kappa shape index (κ1) is 47.6. The van der Waals surface area contributed by atoms with Crippen molar-refractivity contribution in [3.8, 4) is 0 Å². The summed E-state index contributed by atoms with van der Waals surface area (Å²) in [6, 6.07) is 0. The first-order valence-corrected chi connectivity index (χ1v) is 20.7. The number of carbonyl (C=O) groups excluding carboxylic acids is 1. The number of unbranched alkanes of at least 4 members (excludes halogenated alkanes) is 15. The van der Waals surface area contributed by atoms with Gasteiger partial charge in [-0.2, -0.15) is 0 Å². The Morgan fingerprint density at radius 2 is 0.900 bits per heavy atom. The van der Waals surface area contributed by atoms with Crippen molar-refractivity contribution in [2.24, 2.45) is 0 Å². The molecule has 0 bridgehead atoms. The zero-order chi connectivity index (χ0) is 36.3. The molecule has 1 unspecified atom stereocenters. The highest BCUT2D eigenvalue weighted by Gasteiger charge is 2.13. The summed E-state index contributed by atoms with van der Waals surface area (Å²) >= 11 is 0. The summed E-state index contributed by atoms with van der Waals surface area (Å²) in [5.74, 6) is -0.234. The SMILES string of the molecule is CC/C=C\C/C=C\C/C=C\C/C=C\C/C=C\C/C=C\C/C=C\CCCCCC(=O)OC(CO)COCCCCCCCCCCCCCCC. The highest BCUT2D eigenvalue weighted by atomic mass is 16.6. The topological polar surface area (TPSA) is 55.8 Å². The summed E-state index contributed by atoms with van der Waals surface area (Å²) in [5.41, 5.74) is 0. The molecule has 0 spiro atoms. The van der Waals surface area contributed by atoms with E-state index in [9.17, 15) is 9.90 Å². The second kappa shape index (κ2) is 42.7. The maximum Gasteiger partial charge on any atom is 0.306 e. The van der Waals surface area contributed by atoms with E-state index in [4.69, 9.17) is 9.47 Å². The highest BCUT2D eigenvalue weighted by molar-refractivity contribution is 5.69. The zero-order valence-electron chi connectivity index (χ0n) is 32.6. The molecule has 0 saturated heterocycles. The predicted molar refractivity (Wildman–Crippen MR) is 219 cm³/mol. The highest BCUT2D eigenvalue weighted by Crippen LogP contribution is 2.13. The van der Waals surface area contributed by atoms with Gasteiger partial charge in [0.25, 0.3) is 0 Å². The molecule has 0 aliphatic carbocycles. The Hall–Kier alpha value is -2.43. The van der Waals surface area contributed by atoms with Crippen molar-refractivity contribution in [3.63, 3.8) is 0 Å². The average molecular weight is 695 g/mol. The van der Waals surface area contributed by atoms with Gasteiger partial charge in [-0.25, -0.2) is 0 Å². The van der Waals surface area contributed by atoms with Crippen LogP contribution in [0.2, 0.25) is 0 Å². The van der Waals surface area contributed by atoms with Gasteiger partial charge < -0.3 is 14.6 Å². The molecule has 0 aliphatic rings. The van der Waals surface area contributed by atoms with E-state index in [1.807, 2.05) is 0 Å². The molecule has 0 rings (SSSR count). The summed E-state index contributed by atoms with van der Waals surface area (Å²) < 4.78 is 11.1. The quantitative estimate of drug-likeness (QED) is 0.0399. The Kier molecular flexibility index (Phi) is 40.7. The Morgan fingerprint density at radius 3 is 1.34 bits per heavy atom. The Morgan fingerprint density at radius 1 is 0.500 bits per heavy atom. The molecular weight excluding hydrogens is 617 g/mol. The normalized spacial score (nSPS) is 13.3. The van der Waals surface area contributed by atoms with Crippen LogP contribution >= 0.6 is 0 Å². The number of hydrogen-bond acceptors (Lipinski definition) is 4. The van der Waals surface area contributed by atoms with Crippen LogP contribution in [-0.2, 0) is 14.3 Å². The number of carbonyl (C=O) groups is 1. The largest absolute Gasteiger partial charge is 0.457 e. The van der Waals surface area contributed by atoms with E-state index in [1.165, 1.54) is 77.0 Å². The van der Waals surface area contributed by atoms with Gasteiger partial charge in [0.15, 0.2) is 0 Å². The fourth-order valence-corrected chi connectivity index (χ4v) is 5.42. The van der Waals surface area contributed by atoms with Crippen molar-refractivity contribution in [2.45, 2.75) is 180 Å². The number of hydrogen-bond donors (Lipinski definition) is 1. The number of rotatable bonds is 37. The van der Waals surface area contributed by atoms with Crippen LogP contribution in [-0.4, -0.2) is 37.0 Å². The fraction of sp³-hybridized carbons (Fsp3) is 0.674. The fourth-order valence-electron chi connectivity index (χ4n) is 5.42. The molecule has 4 heteroatoms. The summed E-state index contributed by atoms with van der Waals surface area (Å²) in [5, 5.41) is 9.58. The molecule has 50 heavy (non-hydrogen) atoms. The van der Waals surface area contributed by atoms with Crippen LogP contribution < -0.4 is 0 Å². The average Bonchev–Trinajstić information content (AvgIpc) is 3.12. The van der Waals surface area contributed by atoms with Crippen LogP contribution in [0, 0.1) is 0 Å². The molecule has 0 aromatic carbocycles. The minimum Gasteiger partial charge on any atom is -0.457 e. The van der Waals surface area contributed by atoms with Gasteiger partial charge in [-0.15, -0.1) is 0 Å². The lowest BCUT2D eigenvalue weighted by Crippen LogP contribution is -2.27. The lowest BCUT2D eigenvalue weighted by Gasteiger charge is -2.15. The number of allylic oxidation sites excluding steroid dienone is 14. The molecule has 0 saturated carbocycles. The maximum absolute atomic E-state index is 12.2. The van der Waals surface area contributed by atoms with Crippen molar-refractivity contribution >= 4 is 5.97 Å². The molecule has 0 aliphatic heterocycles. The van der Waals surface area contributed by atoms with Gasteiger partial charge in [-0.1, -0.05) is 182 Å². The van der Waals surface area contributed by atoms with E-state index in [1.54, 1.807) is 0 Å². The van der Waals surface area contributed by atoms with Gasteiger partial charge in [0.05, 0.1) is 13.2 Å². The van der Waals surface area contributed by atoms with Gasteiger partial charge in [-0.05, 0) is 70.6 Å². The van der Waals surface area contributed by atoms with Crippen LogP contribution in [0.15, 0.2) is 85.1 Å². The van der Waals surface area contributed by atoms with Crippen molar-refractivity contribution in [2.75, 3.05) is 19.8 Å². The van der Waals surface area contributed by atoms with Gasteiger partial charge >= 0.3 is 5.97 Å². The summed E-state index contributed by atoms with van der Waals surface area (Å²) in [6.45, 7) is 5.19. The van der Waals surface area contributed by atoms with Crippen LogP contribution in [0.25, 0.3) is 0 Å². The van der Waals surface area contributed by atoms with Crippen molar-refractivity contribution in [1.82, 2.24) is 0 Å². The smallest absolute Gasteiger partial charge is 0.306 e. The molecule has 1 atom stereocenters. The molecule has 1 N–H and O–H groups in total. The Balaban J connectivity index is 3.59. The van der Waals surface area contributed by atoms with Gasteiger partial charge in [0.1, 0.15) is 6.10 Å². The minimum absolute atomic E-state index is 0.189. The first-order valence-electron chi connectivity index (χ1n) is 20.7. The summed E-state index contributed by atoms with van der Waals surface area (Å²) in [7, 11) is 0. The molecule has 0 radical (unpaired) electrons. The van der Waals surface area contributed by atoms with E-state index in [0.717, 1.165) is 77.0 Å². The number of ether oxygens (including phenoxy) is 2. The van der Waals surface area contributed by atoms with Crippen molar-refractivity contribution in [3.05, 3.63) is 85.1 Å². The molecule has 0 aromatic rings. The van der Waals surface area contributed by atoms with Crippen molar-refractivity contribution < 1.29 is 19.4 Å². The molecule has 286 valence electrons. The molecule has 0 fully saturated rings. The second-order valence-electron chi connectivity index (χ2n) is 13.3. The predicted octanol–water partition coefficient (Wildman–Crippen LogP) is 13.6. The van der Waals surface area contributed by atoms with Crippen LogP contribution in [0.4, 0.5) is 0 Å². The molecule has 0 heterocycles. The van der Waals surface area contributed by atoms with Crippen molar-refractivity contribution in [1.29, 1.82) is 0 Å². The van der Waals surface area contributed by atoms with Gasteiger partial charge in [0.2, 0.25) is 0 Å². The zero-order valence-corrected chi connectivity index (χ0v) is 32.6. The minimum atomic E-state index is -0.554. The third-order valence-corrected chi connectivity index (χ3v) is 8.48. The van der Waals surface area contributed by atoms with E-state index in [-0.39, 0.29) is 19.2 Å². The molecule has 0 aromatic heterocycles. The number of aliphatic hydroxyl groups excluding tert-OH is 1. The Bertz CT molecular complexity index is 907. The van der Waals surface area contributed by atoms with E-state index in [0.29, 0.717) is 13.0 Å². The number of esters is 1. The van der Waals surface area contributed by atoms with Crippen LogP contribution in [0.1, 0.15) is 174 Å². The lowest BCUT2D eigenvalue weighted by molar-refractivity contribution is -0.154. The van der Waals surface area contributed by atoms with Crippen LogP contribution in [0.3, 0.4) is 0 Å².